The van der Waals surface area contributed by atoms with Gasteiger partial charge in [0.2, 0.25) is 0 Å². The Morgan fingerprint density at radius 1 is 1.21 bits per heavy atom. The zero-order chi connectivity index (χ0) is 26.9. The predicted molar refractivity (Wildman–Crippen MR) is 147 cm³/mol. The summed E-state index contributed by atoms with van der Waals surface area (Å²) in [6.07, 6.45) is 2.78. The summed E-state index contributed by atoms with van der Waals surface area (Å²) >= 11 is 1.71. The Balaban J connectivity index is 1.20. The molecule has 0 amide bonds. The molecule has 1 saturated heterocycles. The molecule has 3 atom stereocenters. The number of aryl methyl sites for hydroxylation is 1. The molecule has 4 heterocycles. The summed E-state index contributed by atoms with van der Waals surface area (Å²) in [4.78, 5) is 16.6. The molecule has 0 bridgehead atoms. The van der Waals surface area contributed by atoms with E-state index in [4.69, 9.17) is 20.7 Å². The summed E-state index contributed by atoms with van der Waals surface area (Å²) in [6.45, 7) is 4.31. The van der Waals surface area contributed by atoms with E-state index >= 15 is 0 Å². The van der Waals surface area contributed by atoms with Gasteiger partial charge in [0.1, 0.15) is 22.0 Å². The van der Waals surface area contributed by atoms with Crippen molar-refractivity contribution in [1.29, 1.82) is 0 Å². The number of nitrogens with zero attached hydrogens (tertiary/aromatic N) is 5. The number of hydrogen-bond acceptors (Lipinski definition) is 10. The summed E-state index contributed by atoms with van der Waals surface area (Å²) in [7, 11) is -5.17. The Kier molecular flexibility index (Phi) is 5.41. The number of H-pyrrole nitrogens is 1. The van der Waals surface area contributed by atoms with Crippen LogP contribution < -0.4 is 14.8 Å². The molecule has 1 aliphatic carbocycles. The highest BCUT2D eigenvalue weighted by Gasteiger charge is 2.67. The molecule has 3 unspecified atom stereocenters. The number of rotatable bonds is 6. The van der Waals surface area contributed by atoms with E-state index in [0.717, 1.165) is 36.0 Å². The largest absolute Gasteiger partial charge is 0.488 e. The van der Waals surface area contributed by atoms with Crippen molar-refractivity contribution in [3.63, 3.8) is 0 Å². The average molecular weight is 566 g/mol. The summed E-state index contributed by atoms with van der Waals surface area (Å²) in [5.74, 6) is 1.63. The van der Waals surface area contributed by atoms with E-state index < -0.39 is 10.5 Å². The highest BCUT2D eigenvalue weighted by atomic mass is 32.3. The quantitative estimate of drug-likeness (QED) is 0.294. The maximum atomic E-state index is 13.3. The molecule has 200 valence electrons. The molecule has 3 aromatic heterocycles. The van der Waals surface area contributed by atoms with Crippen molar-refractivity contribution in [2.24, 2.45) is 17.6 Å². The van der Waals surface area contributed by atoms with Crippen molar-refractivity contribution in [3.8, 4) is 17.0 Å². The molecule has 13 heteroatoms. The fourth-order valence-electron chi connectivity index (χ4n) is 6.25. The van der Waals surface area contributed by atoms with Crippen LogP contribution in [0.2, 0.25) is 0 Å². The third-order valence-electron chi connectivity index (χ3n) is 8.09. The SMILES string of the molecule is Cc1csc(C2(CN)C3CCN(c4cnc5c(-c6ccc(OS(=O)(=O)F)c7ccccc67)n[nH]c5n4)CC32)n1. The van der Waals surface area contributed by atoms with Gasteiger partial charge in [0.15, 0.2) is 11.4 Å². The molecule has 39 heavy (non-hydrogen) atoms. The van der Waals surface area contributed by atoms with E-state index in [0.29, 0.717) is 51.6 Å². The van der Waals surface area contributed by atoms with Crippen molar-refractivity contribution in [3.05, 3.63) is 58.7 Å². The molecular formula is C26H24FN7O3S2. The van der Waals surface area contributed by atoms with Crippen molar-refractivity contribution in [2.45, 2.75) is 18.8 Å². The number of piperidine rings is 1. The zero-order valence-corrected chi connectivity index (χ0v) is 22.5. The Labute approximate surface area is 227 Å². The zero-order valence-electron chi connectivity index (χ0n) is 20.8. The summed E-state index contributed by atoms with van der Waals surface area (Å²) in [5, 5.41) is 11.8. The van der Waals surface area contributed by atoms with E-state index in [1.165, 1.54) is 6.07 Å². The van der Waals surface area contributed by atoms with Crippen LogP contribution in [0.5, 0.6) is 5.75 Å². The van der Waals surface area contributed by atoms with Gasteiger partial charge in [-0.15, -0.1) is 11.3 Å². The van der Waals surface area contributed by atoms with Crippen molar-refractivity contribution in [2.75, 3.05) is 24.5 Å². The van der Waals surface area contributed by atoms with Crippen molar-refractivity contribution < 1.29 is 16.5 Å². The molecular weight excluding hydrogens is 541 g/mol. The Hall–Kier alpha value is -3.68. The summed E-state index contributed by atoms with van der Waals surface area (Å²) in [6, 6.07) is 10.0. The number of aromatic nitrogens is 5. The topological polar surface area (TPSA) is 140 Å². The molecule has 3 N–H and O–H groups in total. The first kappa shape index (κ1) is 24.4. The van der Waals surface area contributed by atoms with Crippen LogP contribution in [-0.4, -0.2) is 53.2 Å². The lowest BCUT2D eigenvalue weighted by Crippen LogP contribution is -2.32. The van der Waals surface area contributed by atoms with Gasteiger partial charge in [-0.1, -0.05) is 28.2 Å². The lowest BCUT2D eigenvalue weighted by molar-refractivity contribution is 0.442. The monoisotopic (exact) mass is 565 g/mol. The second kappa shape index (κ2) is 8.66. The Bertz CT molecular complexity index is 1860. The fraction of sp³-hybridized carbons (Fsp3) is 0.308. The van der Waals surface area contributed by atoms with E-state index in [9.17, 15) is 12.3 Å². The Morgan fingerprint density at radius 3 is 2.77 bits per heavy atom. The number of fused-ring (bicyclic) bond motifs is 3. The van der Waals surface area contributed by atoms with Gasteiger partial charge in [-0.05, 0) is 42.7 Å². The molecule has 2 aromatic carbocycles. The van der Waals surface area contributed by atoms with Gasteiger partial charge >= 0.3 is 10.5 Å². The van der Waals surface area contributed by atoms with Crippen LogP contribution in [0.3, 0.4) is 0 Å². The summed E-state index contributed by atoms with van der Waals surface area (Å²) < 4.78 is 40.0. The van der Waals surface area contributed by atoms with Gasteiger partial charge in [0.05, 0.1) is 6.20 Å². The van der Waals surface area contributed by atoms with Gasteiger partial charge in [-0.2, -0.15) is 13.5 Å². The van der Waals surface area contributed by atoms with E-state index in [-0.39, 0.29) is 11.2 Å². The summed E-state index contributed by atoms with van der Waals surface area (Å²) in [5.41, 5.74) is 9.66. The third kappa shape index (κ3) is 3.86. The van der Waals surface area contributed by atoms with Crippen LogP contribution in [0.4, 0.5) is 9.70 Å². The lowest BCUT2D eigenvalue weighted by Gasteiger charge is -2.26. The lowest BCUT2D eigenvalue weighted by atomic mass is 10.0. The highest BCUT2D eigenvalue weighted by molar-refractivity contribution is 7.81. The minimum atomic E-state index is -5.17. The van der Waals surface area contributed by atoms with Crippen molar-refractivity contribution in [1.82, 2.24) is 25.1 Å². The molecule has 1 saturated carbocycles. The van der Waals surface area contributed by atoms with Crippen LogP contribution in [0.15, 0.2) is 48.0 Å². The van der Waals surface area contributed by atoms with Gasteiger partial charge in [-0.25, -0.2) is 15.0 Å². The van der Waals surface area contributed by atoms with Crippen LogP contribution in [0, 0.1) is 18.8 Å². The number of nitrogens with two attached hydrogens (primary N) is 1. The van der Waals surface area contributed by atoms with E-state index in [1.54, 1.807) is 47.9 Å². The van der Waals surface area contributed by atoms with Crippen LogP contribution >= 0.6 is 11.3 Å². The smallest absolute Gasteiger partial charge is 0.358 e. The first-order valence-electron chi connectivity index (χ1n) is 12.5. The minimum absolute atomic E-state index is 0.0508. The van der Waals surface area contributed by atoms with Crippen LogP contribution in [0.1, 0.15) is 17.1 Å². The molecule has 10 nitrogen and oxygen atoms in total. The Morgan fingerprint density at radius 2 is 2.03 bits per heavy atom. The number of aromatic amines is 1. The maximum Gasteiger partial charge on any atom is 0.488 e. The van der Waals surface area contributed by atoms with E-state index in [2.05, 4.69) is 24.7 Å². The molecule has 2 fully saturated rings. The normalized spacial score (nSPS) is 22.8. The number of anilines is 1. The first-order chi connectivity index (χ1) is 18.8. The number of benzene rings is 2. The van der Waals surface area contributed by atoms with Crippen molar-refractivity contribution >= 4 is 49.6 Å². The number of hydrogen-bond donors (Lipinski definition) is 2. The van der Waals surface area contributed by atoms with Crippen LogP contribution in [0.25, 0.3) is 33.2 Å². The second-order valence-corrected chi connectivity index (χ2v) is 11.9. The number of thiazole rings is 1. The van der Waals surface area contributed by atoms with E-state index in [1.807, 2.05) is 6.92 Å². The number of nitrogens with one attached hydrogen (secondary N) is 1. The fourth-order valence-corrected chi connectivity index (χ4v) is 7.75. The first-order valence-corrected chi connectivity index (χ1v) is 14.7. The third-order valence-corrected chi connectivity index (χ3v) is 9.62. The molecule has 1 aliphatic heterocycles. The van der Waals surface area contributed by atoms with Crippen LogP contribution in [-0.2, 0) is 15.9 Å². The molecule has 0 spiro atoms. The van der Waals surface area contributed by atoms with Gasteiger partial charge in [0.25, 0.3) is 0 Å². The molecule has 2 aliphatic rings. The molecule has 0 radical (unpaired) electrons. The predicted octanol–water partition coefficient (Wildman–Crippen LogP) is 3.88. The van der Waals surface area contributed by atoms with Gasteiger partial charge in [0, 0.05) is 47.1 Å². The molecule has 7 rings (SSSR count). The van der Waals surface area contributed by atoms with Gasteiger partial charge in [-0.3, -0.25) is 5.10 Å². The molecule has 5 aromatic rings. The highest BCUT2D eigenvalue weighted by Crippen LogP contribution is 2.63. The standard InChI is InChI=1S/C26H24FN7O3S2/c1-14-12-38-25(30-14)26(13-28)18-8-9-34(11-19(18)26)21-10-29-23-22(32-33-24(23)31-21)17-6-7-20(37-39(27,35)36)16-5-3-2-4-15(16)17/h2-7,10,12,18-19H,8-9,11,13,28H2,1H3,(H,31,32,33). The van der Waals surface area contributed by atoms with Gasteiger partial charge < -0.3 is 14.8 Å². The second-order valence-electron chi connectivity index (χ2n) is 10.1. The average Bonchev–Trinajstić information content (AvgIpc) is 3.15. The maximum absolute atomic E-state index is 13.3. The number of halogens is 1. The minimum Gasteiger partial charge on any atom is -0.358 e.